The predicted molar refractivity (Wildman–Crippen MR) is 116 cm³/mol. The molecule has 1 aliphatic heterocycles. The lowest BCUT2D eigenvalue weighted by atomic mass is 10.0. The Bertz CT molecular complexity index is 1250. The number of carbonyl (C=O) groups excluding carboxylic acids is 1. The van der Waals surface area contributed by atoms with Crippen molar-refractivity contribution >= 4 is 44.0 Å². The van der Waals surface area contributed by atoms with Crippen molar-refractivity contribution in [2.45, 2.75) is 57.3 Å². The van der Waals surface area contributed by atoms with Crippen molar-refractivity contribution in [2.75, 3.05) is 13.1 Å². The molecule has 1 saturated carbocycles. The monoisotopic (exact) mass is 492 g/mol. The molecule has 2 aliphatic rings. The van der Waals surface area contributed by atoms with E-state index in [0.717, 1.165) is 5.52 Å². The Morgan fingerprint density at radius 2 is 2.03 bits per heavy atom. The van der Waals surface area contributed by atoms with Crippen LogP contribution in [0.4, 0.5) is 13.6 Å². The molecule has 2 atom stereocenters. The maximum atomic E-state index is 16.1. The van der Waals surface area contributed by atoms with Crippen LogP contribution in [-0.4, -0.2) is 49.9 Å². The van der Waals surface area contributed by atoms with E-state index in [1.54, 1.807) is 33.0 Å². The minimum absolute atomic E-state index is 0.0254. The molecule has 5 rings (SSSR count). The van der Waals surface area contributed by atoms with Gasteiger partial charge in [0.1, 0.15) is 22.8 Å². The molecular formula is C22H23BrF2N4O2. The zero-order valence-electron chi connectivity index (χ0n) is 17.8. The number of carbonyl (C=O) groups is 1. The fourth-order valence-electron chi connectivity index (χ4n) is 4.90. The zero-order chi connectivity index (χ0) is 22.3. The van der Waals surface area contributed by atoms with Crippen molar-refractivity contribution in [2.24, 2.45) is 0 Å². The number of pyridine rings is 1. The number of benzene rings is 1. The molecule has 2 fully saturated rings. The molecule has 1 saturated heterocycles. The number of halogens is 3. The molecule has 3 aromatic rings. The highest BCUT2D eigenvalue weighted by Crippen LogP contribution is 2.63. The fraction of sp³-hybridized carbons (Fsp3) is 0.500. The maximum absolute atomic E-state index is 16.1. The normalized spacial score (nSPS) is 25.7. The van der Waals surface area contributed by atoms with Crippen molar-refractivity contribution in [3.63, 3.8) is 0 Å². The van der Waals surface area contributed by atoms with E-state index in [2.05, 4.69) is 25.9 Å². The number of hydrogen-bond acceptors (Lipinski definition) is 4. The number of rotatable bonds is 1. The number of hydrogen-bond donors (Lipinski definition) is 0. The smallest absolute Gasteiger partial charge is 0.410 e. The number of fused-ring (bicyclic) bond motifs is 4. The van der Waals surface area contributed by atoms with E-state index in [9.17, 15) is 9.18 Å². The number of piperidine rings is 1. The van der Waals surface area contributed by atoms with Gasteiger partial charge in [-0.2, -0.15) is 0 Å². The average molecular weight is 493 g/mol. The SMILES string of the molecule is Cc1nc2cnc3cc(F)c(Br)cc3c2n1[C@]12CCN(C(=O)OC(C)(C)C)C[C@]1(F)C2. The summed E-state index contributed by atoms with van der Waals surface area (Å²) in [7, 11) is 0. The summed E-state index contributed by atoms with van der Waals surface area (Å²) in [5, 5.41) is 0.713. The lowest BCUT2D eigenvalue weighted by molar-refractivity contribution is 0.00622. The third-order valence-corrected chi connectivity index (χ3v) is 6.90. The molecule has 2 aromatic heterocycles. The second kappa shape index (κ2) is 6.37. The molecule has 6 nitrogen and oxygen atoms in total. The van der Waals surface area contributed by atoms with Gasteiger partial charge in [-0.3, -0.25) is 4.98 Å². The van der Waals surface area contributed by atoms with Crippen LogP contribution in [0.25, 0.3) is 21.9 Å². The van der Waals surface area contributed by atoms with Crippen LogP contribution < -0.4 is 0 Å². The van der Waals surface area contributed by atoms with Crippen molar-refractivity contribution in [1.82, 2.24) is 19.4 Å². The maximum Gasteiger partial charge on any atom is 0.410 e. The first-order chi connectivity index (χ1) is 14.4. The Hall–Kier alpha value is -2.29. The van der Waals surface area contributed by atoms with Crippen LogP contribution in [0.1, 0.15) is 39.4 Å². The Labute approximate surface area is 186 Å². The van der Waals surface area contributed by atoms with E-state index >= 15 is 4.39 Å². The summed E-state index contributed by atoms with van der Waals surface area (Å²) < 4.78 is 37.9. The van der Waals surface area contributed by atoms with Crippen molar-refractivity contribution < 1.29 is 18.3 Å². The first-order valence-corrected chi connectivity index (χ1v) is 11.0. The minimum atomic E-state index is -1.58. The highest BCUT2D eigenvalue weighted by atomic mass is 79.9. The summed E-state index contributed by atoms with van der Waals surface area (Å²) in [6.07, 6.45) is 1.84. The number of aryl methyl sites for hydroxylation is 1. The van der Waals surface area contributed by atoms with Gasteiger partial charge in [0.15, 0.2) is 5.67 Å². The molecule has 0 bridgehead atoms. The number of likely N-dealkylation sites (tertiary alicyclic amines) is 1. The lowest BCUT2D eigenvalue weighted by Gasteiger charge is -2.36. The summed E-state index contributed by atoms with van der Waals surface area (Å²) in [5.41, 5.74) is -1.13. The van der Waals surface area contributed by atoms with Crippen molar-refractivity contribution in [3.8, 4) is 0 Å². The van der Waals surface area contributed by atoms with Gasteiger partial charge in [-0.15, -0.1) is 0 Å². The number of alkyl halides is 1. The predicted octanol–water partition coefficient (Wildman–Crippen LogP) is 5.24. The molecule has 1 amide bonds. The zero-order valence-corrected chi connectivity index (χ0v) is 19.4. The van der Waals surface area contributed by atoms with Crippen LogP contribution in [0.2, 0.25) is 0 Å². The number of ether oxygens (including phenoxy) is 1. The number of aromatic nitrogens is 3. The topological polar surface area (TPSA) is 60.2 Å². The van der Waals surface area contributed by atoms with E-state index in [-0.39, 0.29) is 13.0 Å². The molecule has 31 heavy (non-hydrogen) atoms. The van der Waals surface area contributed by atoms with Gasteiger partial charge in [0.25, 0.3) is 0 Å². The van der Waals surface area contributed by atoms with Gasteiger partial charge >= 0.3 is 6.09 Å². The van der Waals surface area contributed by atoms with E-state index < -0.39 is 28.7 Å². The summed E-state index contributed by atoms with van der Waals surface area (Å²) in [5.74, 6) is 0.271. The number of nitrogens with zero attached hydrogens (tertiary/aromatic N) is 4. The van der Waals surface area contributed by atoms with Crippen molar-refractivity contribution in [1.29, 1.82) is 0 Å². The second-order valence-electron chi connectivity index (χ2n) is 9.60. The third-order valence-electron chi connectivity index (χ3n) is 6.29. The van der Waals surface area contributed by atoms with Gasteiger partial charge in [0, 0.05) is 24.4 Å². The Balaban J connectivity index is 1.58. The summed E-state index contributed by atoms with van der Waals surface area (Å²) in [4.78, 5) is 22.9. The fourth-order valence-corrected chi connectivity index (χ4v) is 5.24. The molecule has 1 aliphatic carbocycles. The molecule has 164 valence electrons. The largest absolute Gasteiger partial charge is 0.444 e. The quantitative estimate of drug-likeness (QED) is 0.465. The van der Waals surface area contributed by atoms with Gasteiger partial charge in [0.2, 0.25) is 0 Å². The lowest BCUT2D eigenvalue weighted by Crippen LogP contribution is -2.49. The van der Waals surface area contributed by atoms with Crippen molar-refractivity contribution in [3.05, 3.63) is 34.4 Å². The Morgan fingerprint density at radius 1 is 1.29 bits per heavy atom. The van der Waals surface area contributed by atoms with Gasteiger partial charge in [0.05, 0.1) is 33.8 Å². The number of imidazole rings is 1. The van der Waals surface area contributed by atoms with Gasteiger partial charge < -0.3 is 14.2 Å². The van der Waals surface area contributed by atoms with Crippen LogP contribution in [0.3, 0.4) is 0 Å². The second-order valence-corrected chi connectivity index (χ2v) is 10.4. The van der Waals surface area contributed by atoms with Crippen LogP contribution in [-0.2, 0) is 10.3 Å². The van der Waals surface area contributed by atoms with E-state index in [0.29, 0.717) is 39.7 Å². The molecule has 0 spiro atoms. The molecule has 9 heteroatoms. The summed E-state index contributed by atoms with van der Waals surface area (Å²) in [6, 6.07) is 3.04. The Kier molecular flexibility index (Phi) is 4.23. The Morgan fingerprint density at radius 3 is 2.71 bits per heavy atom. The summed E-state index contributed by atoms with van der Waals surface area (Å²) >= 11 is 3.25. The molecule has 0 radical (unpaired) electrons. The molecule has 0 N–H and O–H groups in total. The highest BCUT2D eigenvalue weighted by Gasteiger charge is 2.73. The van der Waals surface area contributed by atoms with Gasteiger partial charge in [-0.25, -0.2) is 18.6 Å². The first kappa shape index (κ1) is 20.6. The van der Waals surface area contributed by atoms with Gasteiger partial charge in [-0.05, 0) is 56.1 Å². The van der Waals surface area contributed by atoms with Crippen LogP contribution >= 0.6 is 15.9 Å². The first-order valence-electron chi connectivity index (χ1n) is 10.2. The van der Waals surface area contributed by atoms with Gasteiger partial charge in [-0.1, -0.05) is 0 Å². The summed E-state index contributed by atoms with van der Waals surface area (Å²) in [6.45, 7) is 7.59. The molecule has 0 unspecified atom stereocenters. The number of amides is 1. The molecular weight excluding hydrogens is 470 g/mol. The van der Waals surface area contributed by atoms with Crippen LogP contribution in [0.5, 0.6) is 0 Å². The third kappa shape index (κ3) is 3.03. The van der Waals surface area contributed by atoms with Crippen LogP contribution in [0.15, 0.2) is 22.8 Å². The standard InChI is InChI=1S/C22H23BrF2N4O2/c1-12-27-17-9-26-16-8-15(24)14(23)7-13(16)18(17)29(12)22-5-6-28(11-21(22,25)10-22)19(30)31-20(2,3)4/h7-9H,5-6,10-11H2,1-4H3/t21-,22+/m1/s1. The minimum Gasteiger partial charge on any atom is -0.444 e. The van der Waals surface area contributed by atoms with Crippen LogP contribution in [0, 0.1) is 12.7 Å². The van der Waals surface area contributed by atoms with E-state index in [4.69, 9.17) is 4.74 Å². The molecule has 3 heterocycles. The average Bonchev–Trinajstić information content (AvgIpc) is 3.14. The highest BCUT2D eigenvalue weighted by molar-refractivity contribution is 9.10. The van der Waals surface area contributed by atoms with E-state index in [1.807, 2.05) is 11.5 Å². The van der Waals surface area contributed by atoms with E-state index in [1.165, 1.54) is 11.0 Å². The molecule has 1 aromatic carbocycles.